The smallest absolute Gasteiger partial charge is 0.187 e. The molecule has 0 heterocycles. The average Bonchev–Trinajstić information content (AvgIpc) is 2.28. The molecule has 0 aromatic heterocycles. The van der Waals surface area contributed by atoms with Crippen LogP contribution in [0.1, 0.15) is 25.7 Å². The first-order chi connectivity index (χ1) is 7.72. The summed E-state index contributed by atoms with van der Waals surface area (Å²) in [6, 6.07) is 4.30. The summed E-state index contributed by atoms with van der Waals surface area (Å²) < 4.78 is 29.0. The summed E-state index contributed by atoms with van der Waals surface area (Å²) in [5, 5.41) is 0. The van der Waals surface area contributed by atoms with E-state index in [2.05, 4.69) is 0 Å². The first-order valence-electron chi connectivity index (χ1n) is 5.29. The topological polar surface area (TPSA) is 27.7 Å². The zero-order valence-corrected chi connectivity index (χ0v) is 9.83. The molecule has 0 aliphatic rings. The Bertz CT molecular complexity index is 322. The Hall–Kier alpha value is -1.13. The van der Waals surface area contributed by atoms with Crippen molar-refractivity contribution in [1.82, 2.24) is 0 Å². The molecule has 0 atom stereocenters. The third kappa shape index (κ3) is 3.18. The molecule has 0 aliphatic carbocycles. The van der Waals surface area contributed by atoms with E-state index in [1.165, 1.54) is 19.2 Å². The molecule has 1 rings (SSSR count). The maximum absolute atomic E-state index is 13.0. The lowest BCUT2D eigenvalue weighted by Gasteiger charge is -2.19. The summed E-state index contributed by atoms with van der Waals surface area (Å²) in [4.78, 5) is 0. The number of benzene rings is 1. The second-order valence-corrected chi connectivity index (χ2v) is 3.13. The van der Waals surface area contributed by atoms with Crippen molar-refractivity contribution >= 4 is 0 Å². The highest BCUT2D eigenvalue weighted by Crippen LogP contribution is 2.29. The lowest BCUT2D eigenvalue weighted by molar-refractivity contribution is -0.141. The van der Waals surface area contributed by atoms with Gasteiger partial charge >= 0.3 is 0 Å². The summed E-state index contributed by atoms with van der Waals surface area (Å²) >= 11 is 0. The van der Waals surface area contributed by atoms with Gasteiger partial charge in [-0.3, -0.25) is 0 Å². The van der Waals surface area contributed by atoms with E-state index in [0.717, 1.165) is 0 Å². The normalized spacial score (nSPS) is 10.8. The maximum atomic E-state index is 13.0. The summed E-state index contributed by atoms with van der Waals surface area (Å²) in [6.45, 7) is 4.79. The Kier molecular flexibility index (Phi) is 5.22. The van der Waals surface area contributed by atoms with Crippen molar-refractivity contribution in [1.29, 1.82) is 0 Å². The van der Waals surface area contributed by atoms with E-state index in [9.17, 15) is 4.39 Å². The van der Waals surface area contributed by atoms with Crippen molar-refractivity contribution in [2.75, 3.05) is 20.3 Å². The molecule has 0 radical (unpaired) electrons. The van der Waals surface area contributed by atoms with Crippen molar-refractivity contribution in [3.8, 4) is 5.75 Å². The monoisotopic (exact) mass is 228 g/mol. The number of ether oxygens (including phenoxy) is 3. The highest BCUT2D eigenvalue weighted by Gasteiger charge is 2.16. The largest absolute Gasteiger partial charge is 0.496 e. The summed E-state index contributed by atoms with van der Waals surface area (Å²) in [6.07, 6.45) is -0.509. The van der Waals surface area contributed by atoms with E-state index < -0.39 is 6.29 Å². The Morgan fingerprint density at radius 1 is 1.19 bits per heavy atom. The number of halogens is 1. The van der Waals surface area contributed by atoms with E-state index in [0.29, 0.717) is 24.5 Å². The standard InChI is InChI=1S/C12H17FO3/c1-4-15-12(16-5-2)10-7-6-9(13)8-11(10)14-3/h6-8,12H,4-5H2,1-3H3. The van der Waals surface area contributed by atoms with Gasteiger partial charge in [0.15, 0.2) is 6.29 Å². The number of rotatable bonds is 6. The summed E-state index contributed by atoms with van der Waals surface area (Å²) in [7, 11) is 1.49. The highest BCUT2D eigenvalue weighted by molar-refractivity contribution is 5.35. The minimum atomic E-state index is -0.509. The first kappa shape index (κ1) is 12.9. The lowest BCUT2D eigenvalue weighted by atomic mass is 10.2. The summed E-state index contributed by atoms with van der Waals surface area (Å²) in [5.41, 5.74) is 0.701. The van der Waals surface area contributed by atoms with Gasteiger partial charge in [-0.25, -0.2) is 4.39 Å². The zero-order chi connectivity index (χ0) is 12.0. The van der Waals surface area contributed by atoms with Gasteiger partial charge in [0.25, 0.3) is 0 Å². The van der Waals surface area contributed by atoms with Crippen LogP contribution in [0.15, 0.2) is 18.2 Å². The third-order valence-corrected chi connectivity index (χ3v) is 2.09. The molecular weight excluding hydrogens is 211 g/mol. The molecule has 0 saturated carbocycles. The van der Waals surface area contributed by atoms with Gasteiger partial charge < -0.3 is 14.2 Å². The molecule has 4 heteroatoms. The van der Waals surface area contributed by atoms with Gasteiger partial charge in [-0.05, 0) is 26.0 Å². The van der Waals surface area contributed by atoms with Crippen LogP contribution in [0.4, 0.5) is 4.39 Å². The van der Waals surface area contributed by atoms with Gasteiger partial charge in [0, 0.05) is 24.8 Å². The molecule has 0 spiro atoms. The molecule has 0 bridgehead atoms. The highest BCUT2D eigenvalue weighted by atomic mass is 19.1. The summed E-state index contributed by atoms with van der Waals surface area (Å²) in [5.74, 6) is 0.0965. The second-order valence-electron chi connectivity index (χ2n) is 3.13. The van der Waals surface area contributed by atoms with Crippen LogP contribution in [0, 0.1) is 5.82 Å². The van der Waals surface area contributed by atoms with Crippen LogP contribution in [0.2, 0.25) is 0 Å². The molecule has 3 nitrogen and oxygen atoms in total. The number of hydrogen-bond acceptors (Lipinski definition) is 3. The number of methoxy groups -OCH3 is 1. The van der Waals surface area contributed by atoms with Crippen molar-refractivity contribution < 1.29 is 18.6 Å². The predicted octanol–water partition coefficient (Wildman–Crippen LogP) is 2.91. The van der Waals surface area contributed by atoms with E-state index in [-0.39, 0.29) is 5.82 Å². The Balaban J connectivity index is 2.97. The average molecular weight is 228 g/mol. The van der Waals surface area contributed by atoms with E-state index >= 15 is 0 Å². The second kappa shape index (κ2) is 6.45. The van der Waals surface area contributed by atoms with Crippen LogP contribution in [0.3, 0.4) is 0 Å². The molecule has 0 saturated heterocycles. The van der Waals surface area contributed by atoms with E-state index in [1.807, 2.05) is 13.8 Å². The molecular formula is C12H17FO3. The van der Waals surface area contributed by atoms with Gasteiger partial charge in [0.2, 0.25) is 0 Å². The fourth-order valence-corrected chi connectivity index (χ4v) is 1.41. The molecule has 0 unspecified atom stereocenters. The van der Waals surface area contributed by atoms with Gasteiger partial charge in [0.05, 0.1) is 7.11 Å². The first-order valence-corrected chi connectivity index (χ1v) is 5.29. The third-order valence-electron chi connectivity index (χ3n) is 2.09. The Morgan fingerprint density at radius 2 is 1.81 bits per heavy atom. The van der Waals surface area contributed by atoms with Crippen molar-refractivity contribution in [2.45, 2.75) is 20.1 Å². The molecule has 1 aromatic rings. The van der Waals surface area contributed by atoms with Crippen LogP contribution in [0.5, 0.6) is 5.75 Å². The van der Waals surface area contributed by atoms with Crippen molar-refractivity contribution in [3.05, 3.63) is 29.6 Å². The fourth-order valence-electron chi connectivity index (χ4n) is 1.41. The van der Waals surface area contributed by atoms with Gasteiger partial charge in [-0.2, -0.15) is 0 Å². The molecule has 16 heavy (non-hydrogen) atoms. The van der Waals surface area contributed by atoms with Crippen LogP contribution >= 0.6 is 0 Å². The SMILES string of the molecule is CCOC(OCC)c1ccc(F)cc1OC. The Morgan fingerprint density at radius 3 is 2.31 bits per heavy atom. The van der Waals surface area contributed by atoms with Gasteiger partial charge in [0.1, 0.15) is 11.6 Å². The van der Waals surface area contributed by atoms with Crippen LogP contribution in [-0.2, 0) is 9.47 Å². The predicted molar refractivity (Wildman–Crippen MR) is 58.9 cm³/mol. The molecule has 0 N–H and O–H groups in total. The van der Waals surface area contributed by atoms with Crippen molar-refractivity contribution in [2.24, 2.45) is 0 Å². The Labute approximate surface area is 95.1 Å². The van der Waals surface area contributed by atoms with E-state index in [1.54, 1.807) is 6.07 Å². The zero-order valence-electron chi connectivity index (χ0n) is 9.83. The van der Waals surface area contributed by atoms with Gasteiger partial charge in [-0.1, -0.05) is 0 Å². The molecule has 90 valence electrons. The molecule has 0 fully saturated rings. The molecule has 0 aliphatic heterocycles. The lowest BCUT2D eigenvalue weighted by Crippen LogP contribution is -2.10. The number of hydrogen-bond donors (Lipinski definition) is 0. The minimum Gasteiger partial charge on any atom is -0.496 e. The van der Waals surface area contributed by atoms with Crippen LogP contribution in [-0.4, -0.2) is 20.3 Å². The van der Waals surface area contributed by atoms with Crippen LogP contribution in [0.25, 0.3) is 0 Å². The van der Waals surface area contributed by atoms with Crippen LogP contribution < -0.4 is 4.74 Å². The quantitative estimate of drug-likeness (QED) is 0.701. The van der Waals surface area contributed by atoms with E-state index in [4.69, 9.17) is 14.2 Å². The minimum absolute atomic E-state index is 0.340. The molecule has 0 amide bonds. The van der Waals surface area contributed by atoms with Gasteiger partial charge in [-0.15, -0.1) is 0 Å². The molecule has 1 aromatic carbocycles. The fraction of sp³-hybridized carbons (Fsp3) is 0.500. The van der Waals surface area contributed by atoms with Crippen molar-refractivity contribution in [3.63, 3.8) is 0 Å². The maximum Gasteiger partial charge on any atom is 0.187 e.